The molecule has 0 aliphatic carbocycles. The molecule has 2 aromatic carbocycles. The Kier molecular flexibility index (Phi) is 6.15. The number of hydrogen-bond donors (Lipinski definition) is 1. The van der Waals surface area contributed by atoms with E-state index in [2.05, 4.69) is 10.3 Å². The normalized spacial score (nSPS) is 10.4. The van der Waals surface area contributed by atoms with Crippen molar-refractivity contribution in [2.24, 2.45) is 0 Å². The van der Waals surface area contributed by atoms with Gasteiger partial charge in [0.05, 0.1) is 0 Å². The van der Waals surface area contributed by atoms with Gasteiger partial charge in [0, 0.05) is 31.4 Å². The first kappa shape index (κ1) is 18.6. The Balaban J connectivity index is 1.67. The molecular formula is C22H22FN3O. The van der Waals surface area contributed by atoms with Crippen molar-refractivity contribution >= 4 is 11.7 Å². The Hall–Kier alpha value is -3.21. The third-order valence-corrected chi connectivity index (χ3v) is 4.28. The predicted molar refractivity (Wildman–Crippen MR) is 105 cm³/mol. The van der Waals surface area contributed by atoms with Crippen LogP contribution in [0.1, 0.15) is 28.4 Å². The van der Waals surface area contributed by atoms with Crippen molar-refractivity contribution in [3.8, 4) is 0 Å². The number of rotatable bonds is 7. The van der Waals surface area contributed by atoms with Crippen molar-refractivity contribution in [2.45, 2.75) is 20.0 Å². The van der Waals surface area contributed by atoms with E-state index >= 15 is 0 Å². The predicted octanol–water partition coefficient (Wildman–Crippen LogP) is 4.50. The van der Waals surface area contributed by atoms with Gasteiger partial charge in [0.15, 0.2) is 0 Å². The summed E-state index contributed by atoms with van der Waals surface area (Å²) in [6.07, 6.45) is 1.62. The fraction of sp³-hybridized carbons (Fsp3) is 0.182. The quantitative estimate of drug-likeness (QED) is 0.672. The van der Waals surface area contributed by atoms with Crippen LogP contribution in [0.15, 0.2) is 72.9 Å². The van der Waals surface area contributed by atoms with Gasteiger partial charge in [0.25, 0.3) is 5.91 Å². The zero-order chi connectivity index (χ0) is 19.1. The van der Waals surface area contributed by atoms with Crippen molar-refractivity contribution in [3.63, 3.8) is 0 Å². The van der Waals surface area contributed by atoms with E-state index in [0.717, 1.165) is 11.1 Å². The van der Waals surface area contributed by atoms with Gasteiger partial charge in [0.1, 0.15) is 11.6 Å². The van der Waals surface area contributed by atoms with Gasteiger partial charge in [-0.1, -0.05) is 42.5 Å². The van der Waals surface area contributed by atoms with Crippen LogP contribution in [-0.2, 0) is 13.1 Å². The van der Waals surface area contributed by atoms with E-state index in [-0.39, 0.29) is 11.7 Å². The monoisotopic (exact) mass is 363 g/mol. The Morgan fingerprint density at radius 3 is 2.48 bits per heavy atom. The number of aromatic nitrogens is 1. The molecule has 3 aromatic rings. The number of hydrogen-bond acceptors (Lipinski definition) is 3. The van der Waals surface area contributed by atoms with E-state index in [9.17, 15) is 9.18 Å². The molecule has 0 unspecified atom stereocenters. The molecule has 0 aliphatic rings. The van der Waals surface area contributed by atoms with Gasteiger partial charge < -0.3 is 10.2 Å². The summed E-state index contributed by atoms with van der Waals surface area (Å²) >= 11 is 0. The number of carbonyl (C=O) groups is 1. The van der Waals surface area contributed by atoms with Crippen LogP contribution < -0.4 is 5.32 Å². The minimum atomic E-state index is -0.262. The first-order valence-corrected chi connectivity index (χ1v) is 8.93. The molecule has 5 heteroatoms. The molecule has 0 fully saturated rings. The van der Waals surface area contributed by atoms with E-state index < -0.39 is 0 Å². The number of nitrogens with zero attached hydrogens (tertiary/aromatic N) is 2. The molecule has 0 bridgehead atoms. The topological polar surface area (TPSA) is 45.2 Å². The van der Waals surface area contributed by atoms with Crippen LogP contribution >= 0.6 is 0 Å². The Morgan fingerprint density at radius 2 is 1.78 bits per heavy atom. The lowest BCUT2D eigenvalue weighted by Crippen LogP contribution is -2.30. The van der Waals surface area contributed by atoms with Gasteiger partial charge >= 0.3 is 0 Å². The Labute approximate surface area is 158 Å². The van der Waals surface area contributed by atoms with Crippen molar-refractivity contribution < 1.29 is 9.18 Å². The maximum absolute atomic E-state index is 13.0. The molecule has 0 atom stereocenters. The van der Waals surface area contributed by atoms with E-state index in [1.54, 1.807) is 35.4 Å². The van der Waals surface area contributed by atoms with Gasteiger partial charge in [-0.25, -0.2) is 9.37 Å². The lowest BCUT2D eigenvalue weighted by atomic mass is 10.1. The van der Waals surface area contributed by atoms with Gasteiger partial charge in [-0.2, -0.15) is 0 Å². The van der Waals surface area contributed by atoms with E-state index in [0.29, 0.717) is 31.0 Å². The fourth-order valence-electron chi connectivity index (χ4n) is 2.77. The molecule has 1 aromatic heterocycles. The molecule has 0 aliphatic heterocycles. The first-order valence-electron chi connectivity index (χ1n) is 8.93. The molecule has 0 saturated carbocycles. The molecule has 1 amide bonds. The molecular weight excluding hydrogens is 341 g/mol. The van der Waals surface area contributed by atoms with Crippen molar-refractivity contribution in [1.29, 1.82) is 0 Å². The summed E-state index contributed by atoms with van der Waals surface area (Å²) in [6.45, 7) is 3.66. The number of benzene rings is 2. The van der Waals surface area contributed by atoms with Gasteiger partial charge in [-0.3, -0.25) is 4.79 Å². The lowest BCUT2D eigenvalue weighted by Gasteiger charge is -2.21. The third-order valence-electron chi connectivity index (χ3n) is 4.28. The fourth-order valence-corrected chi connectivity index (χ4v) is 2.77. The summed E-state index contributed by atoms with van der Waals surface area (Å²) in [6, 6.07) is 19.7. The standard InChI is InChI=1S/C22H22FN3O/c1-2-26(16-18-6-4-3-5-7-18)22(27)19-12-13-24-21(14-19)25-15-17-8-10-20(23)11-9-17/h3-14H,2,15-16H2,1H3,(H,24,25). The van der Waals surface area contributed by atoms with Crippen molar-refractivity contribution in [3.05, 3.63) is 95.4 Å². The zero-order valence-electron chi connectivity index (χ0n) is 15.2. The zero-order valence-corrected chi connectivity index (χ0v) is 15.2. The van der Waals surface area contributed by atoms with E-state index in [1.165, 1.54) is 12.1 Å². The second-order valence-corrected chi connectivity index (χ2v) is 6.21. The van der Waals surface area contributed by atoms with Crippen LogP contribution in [-0.4, -0.2) is 22.3 Å². The first-order chi connectivity index (χ1) is 13.2. The summed E-state index contributed by atoms with van der Waals surface area (Å²) < 4.78 is 13.0. The maximum atomic E-state index is 13.0. The van der Waals surface area contributed by atoms with Crippen LogP contribution in [0.5, 0.6) is 0 Å². The van der Waals surface area contributed by atoms with Crippen molar-refractivity contribution in [2.75, 3.05) is 11.9 Å². The molecule has 27 heavy (non-hydrogen) atoms. The summed E-state index contributed by atoms with van der Waals surface area (Å²) in [5.74, 6) is 0.317. The average Bonchev–Trinajstić information content (AvgIpc) is 2.72. The van der Waals surface area contributed by atoms with Crippen LogP contribution in [0.2, 0.25) is 0 Å². The lowest BCUT2D eigenvalue weighted by molar-refractivity contribution is 0.0752. The largest absolute Gasteiger partial charge is 0.366 e. The highest BCUT2D eigenvalue weighted by Gasteiger charge is 2.15. The number of nitrogens with one attached hydrogen (secondary N) is 1. The van der Waals surface area contributed by atoms with Crippen LogP contribution in [0, 0.1) is 5.82 Å². The minimum Gasteiger partial charge on any atom is -0.366 e. The number of amides is 1. The second-order valence-electron chi connectivity index (χ2n) is 6.21. The molecule has 4 nitrogen and oxygen atoms in total. The van der Waals surface area contributed by atoms with Crippen LogP contribution in [0.25, 0.3) is 0 Å². The minimum absolute atomic E-state index is 0.0337. The highest BCUT2D eigenvalue weighted by Crippen LogP contribution is 2.14. The van der Waals surface area contributed by atoms with Crippen LogP contribution in [0.4, 0.5) is 10.2 Å². The molecule has 1 N–H and O–H groups in total. The average molecular weight is 363 g/mol. The molecule has 0 saturated heterocycles. The molecule has 0 radical (unpaired) electrons. The third kappa shape index (κ3) is 5.14. The molecule has 1 heterocycles. The summed E-state index contributed by atoms with van der Waals surface area (Å²) in [4.78, 5) is 18.9. The highest BCUT2D eigenvalue weighted by atomic mass is 19.1. The van der Waals surface area contributed by atoms with E-state index in [1.807, 2.05) is 37.3 Å². The van der Waals surface area contributed by atoms with Crippen LogP contribution in [0.3, 0.4) is 0 Å². The highest BCUT2D eigenvalue weighted by molar-refractivity contribution is 5.94. The smallest absolute Gasteiger partial charge is 0.254 e. The second kappa shape index (κ2) is 8.94. The van der Waals surface area contributed by atoms with Gasteiger partial charge in [-0.15, -0.1) is 0 Å². The SMILES string of the molecule is CCN(Cc1ccccc1)C(=O)c1ccnc(NCc2ccc(F)cc2)c1. The number of carbonyl (C=O) groups excluding carboxylic acids is 1. The number of halogens is 1. The Morgan fingerprint density at radius 1 is 1.04 bits per heavy atom. The number of pyridine rings is 1. The summed E-state index contributed by atoms with van der Waals surface area (Å²) in [5.41, 5.74) is 2.62. The van der Waals surface area contributed by atoms with E-state index in [4.69, 9.17) is 0 Å². The molecule has 138 valence electrons. The summed E-state index contributed by atoms with van der Waals surface area (Å²) in [5, 5.41) is 3.18. The molecule has 0 spiro atoms. The molecule has 3 rings (SSSR count). The van der Waals surface area contributed by atoms with Gasteiger partial charge in [-0.05, 0) is 42.3 Å². The maximum Gasteiger partial charge on any atom is 0.254 e. The summed E-state index contributed by atoms with van der Waals surface area (Å²) in [7, 11) is 0. The Bertz CT molecular complexity index is 882. The number of anilines is 1. The van der Waals surface area contributed by atoms with Gasteiger partial charge in [0.2, 0.25) is 0 Å². The van der Waals surface area contributed by atoms with Crippen molar-refractivity contribution in [1.82, 2.24) is 9.88 Å².